The van der Waals surface area contributed by atoms with E-state index in [1.807, 2.05) is 0 Å². The van der Waals surface area contributed by atoms with Gasteiger partial charge in [0.15, 0.2) is 0 Å². The summed E-state index contributed by atoms with van der Waals surface area (Å²) < 4.78 is 4.88. The molecule has 1 saturated heterocycles. The molecule has 3 rings (SSSR count). The Labute approximate surface area is 190 Å². The van der Waals surface area contributed by atoms with Gasteiger partial charge in [0.2, 0.25) is 5.91 Å². The first-order valence-corrected chi connectivity index (χ1v) is 11.4. The van der Waals surface area contributed by atoms with Gasteiger partial charge in [-0.1, -0.05) is 23.2 Å². The van der Waals surface area contributed by atoms with Crippen LogP contribution < -0.4 is 5.32 Å². The Morgan fingerprint density at radius 2 is 2.10 bits per heavy atom. The fourth-order valence-electron chi connectivity index (χ4n) is 2.93. The lowest BCUT2D eigenvalue weighted by molar-refractivity contribution is -0.150. The number of β-lactam (4-membered cyclic amide) rings is 1. The number of hydrogen-bond donors (Lipinski definition) is 2. The zero-order chi connectivity index (χ0) is 22.0. The van der Waals surface area contributed by atoms with Gasteiger partial charge in [0.1, 0.15) is 23.7 Å². The largest absolute Gasteiger partial charge is 0.477 e. The first-order chi connectivity index (χ1) is 14.2. The first kappa shape index (κ1) is 22.8. The third kappa shape index (κ3) is 4.88. The van der Waals surface area contributed by atoms with E-state index in [1.165, 1.54) is 30.4 Å². The number of rotatable bonds is 7. The third-order valence-electron chi connectivity index (χ3n) is 4.27. The smallest absolute Gasteiger partial charge is 0.352 e. The van der Waals surface area contributed by atoms with E-state index in [0.717, 1.165) is 4.90 Å². The maximum Gasteiger partial charge on any atom is 0.352 e. The van der Waals surface area contributed by atoms with E-state index in [9.17, 15) is 24.3 Å². The van der Waals surface area contributed by atoms with E-state index in [4.69, 9.17) is 27.9 Å². The van der Waals surface area contributed by atoms with E-state index < -0.39 is 29.3 Å². The molecular weight excluding hydrogens is 475 g/mol. The van der Waals surface area contributed by atoms with Gasteiger partial charge in [0.05, 0.1) is 10.8 Å². The fourth-order valence-corrected chi connectivity index (χ4v) is 5.56. The van der Waals surface area contributed by atoms with Crippen LogP contribution in [0.15, 0.2) is 34.4 Å². The van der Waals surface area contributed by atoms with Crippen LogP contribution in [0.1, 0.15) is 6.92 Å². The number of aliphatic carboxylic acids is 1. The molecule has 2 amide bonds. The van der Waals surface area contributed by atoms with Crippen molar-refractivity contribution in [3.8, 4) is 0 Å². The number of esters is 1. The van der Waals surface area contributed by atoms with E-state index in [-0.39, 0.29) is 29.7 Å². The highest BCUT2D eigenvalue weighted by atomic mass is 35.5. The van der Waals surface area contributed by atoms with E-state index >= 15 is 0 Å². The number of nitrogens with zero attached hydrogens (tertiary/aromatic N) is 1. The molecule has 0 spiro atoms. The van der Waals surface area contributed by atoms with Gasteiger partial charge in [0.25, 0.3) is 5.91 Å². The summed E-state index contributed by atoms with van der Waals surface area (Å²) in [6.45, 7) is 1.02. The van der Waals surface area contributed by atoms with Gasteiger partial charge in [-0.15, -0.1) is 23.5 Å². The van der Waals surface area contributed by atoms with Crippen molar-refractivity contribution in [2.75, 3.05) is 18.1 Å². The molecular formula is C18H16Cl2N2O6S2. The molecule has 0 saturated carbocycles. The van der Waals surface area contributed by atoms with Gasteiger partial charge in [-0.05, 0) is 18.2 Å². The molecule has 0 aromatic heterocycles. The van der Waals surface area contributed by atoms with Gasteiger partial charge in [0, 0.05) is 28.2 Å². The van der Waals surface area contributed by atoms with Crippen molar-refractivity contribution in [2.24, 2.45) is 0 Å². The molecule has 8 nitrogen and oxygen atoms in total. The maximum absolute atomic E-state index is 12.6. The topological polar surface area (TPSA) is 113 Å². The second-order valence-corrected chi connectivity index (χ2v) is 9.32. The molecule has 2 heterocycles. The minimum Gasteiger partial charge on any atom is -0.477 e. The minimum atomic E-state index is -1.29. The summed E-state index contributed by atoms with van der Waals surface area (Å²) in [5.41, 5.74) is 0.138. The molecule has 0 radical (unpaired) electrons. The lowest BCUT2D eigenvalue weighted by Gasteiger charge is -2.49. The Bertz CT molecular complexity index is 955. The second-order valence-electron chi connectivity index (χ2n) is 6.36. The Balaban J connectivity index is 1.63. The number of benzene rings is 1. The number of carboxylic acids is 1. The lowest BCUT2D eigenvalue weighted by atomic mass is 10.0. The van der Waals surface area contributed by atoms with Gasteiger partial charge in [-0.2, -0.15) is 0 Å². The SMILES string of the molecule is CC(=O)OCC1=C(C(=O)O)N2C(=O)[C@@H](NC(=O)CSc3cc(Cl)ccc3Cl)C2SC1. The summed E-state index contributed by atoms with van der Waals surface area (Å²) in [5.74, 6) is -2.46. The summed E-state index contributed by atoms with van der Waals surface area (Å²) in [4.78, 5) is 49.3. The van der Waals surface area contributed by atoms with Crippen LogP contribution in [0.5, 0.6) is 0 Å². The number of nitrogens with one attached hydrogen (secondary N) is 1. The standard InChI is InChI=1S/C18H16Cl2N2O6S2/c1-8(23)28-5-9-6-30-17-14(16(25)22(17)15(9)18(26)27)21-13(24)7-29-12-4-10(19)2-3-11(12)20/h2-4,14,17H,5-7H2,1H3,(H,21,24)(H,26,27)/t14-,17?/m1/s1. The van der Waals surface area contributed by atoms with Crippen LogP contribution >= 0.6 is 46.7 Å². The number of thioether (sulfide) groups is 2. The monoisotopic (exact) mass is 490 g/mol. The predicted molar refractivity (Wildman–Crippen MR) is 114 cm³/mol. The van der Waals surface area contributed by atoms with Crippen LogP contribution in [-0.2, 0) is 23.9 Å². The number of ether oxygens (including phenoxy) is 1. The predicted octanol–water partition coefficient (Wildman–Crippen LogP) is 2.39. The summed E-state index contributed by atoms with van der Waals surface area (Å²) in [7, 11) is 0. The maximum atomic E-state index is 12.6. The number of hydrogen-bond acceptors (Lipinski definition) is 7. The Morgan fingerprint density at radius 1 is 1.37 bits per heavy atom. The number of carbonyl (C=O) groups excluding carboxylic acids is 3. The van der Waals surface area contributed by atoms with Crippen molar-refractivity contribution in [1.29, 1.82) is 0 Å². The average molecular weight is 491 g/mol. The van der Waals surface area contributed by atoms with Crippen molar-refractivity contribution in [1.82, 2.24) is 10.2 Å². The number of carbonyl (C=O) groups is 4. The second kappa shape index (κ2) is 9.51. The highest BCUT2D eigenvalue weighted by molar-refractivity contribution is 8.00. The van der Waals surface area contributed by atoms with Gasteiger partial charge in [-0.25, -0.2) is 4.79 Å². The van der Waals surface area contributed by atoms with Crippen molar-refractivity contribution >= 4 is 70.5 Å². The van der Waals surface area contributed by atoms with Crippen LogP contribution in [0.4, 0.5) is 0 Å². The number of amides is 2. The Morgan fingerprint density at radius 3 is 2.77 bits per heavy atom. The molecule has 1 unspecified atom stereocenters. The quantitative estimate of drug-likeness (QED) is 0.340. The molecule has 1 aromatic rings. The highest BCUT2D eigenvalue weighted by Crippen LogP contribution is 2.40. The molecule has 1 fully saturated rings. The van der Waals surface area contributed by atoms with E-state index in [0.29, 0.717) is 20.5 Å². The van der Waals surface area contributed by atoms with Crippen molar-refractivity contribution < 1.29 is 29.0 Å². The Kier molecular flexibility index (Phi) is 7.22. The molecule has 2 aliphatic heterocycles. The van der Waals surface area contributed by atoms with Crippen molar-refractivity contribution in [3.63, 3.8) is 0 Å². The molecule has 160 valence electrons. The van der Waals surface area contributed by atoms with Crippen LogP contribution in [0, 0.1) is 0 Å². The van der Waals surface area contributed by atoms with Crippen LogP contribution in [-0.4, -0.2) is 63.3 Å². The molecule has 12 heteroatoms. The summed E-state index contributed by atoms with van der Waals surface area (Å²) in [6, 6.07) is 4.08. The molecule has 2 aliphatic rings. The Hall–Kier alpha value is -1.88. The molecule has 30 heavy (non-hydrogen) atoms. The molecule has 2 atom stereocenters. The van der Waals surface area contributed by atoms with Crippen LogP contribution in [0.2, 0.25) is 10.0 Å². The average Bonchev–Trinajstić information content (AvgIpc) is 2.70. The van der Waals surface area contributed by atoms with Gasteiger partial charge in [-0.3, -0.25) is 19.3 Å². The van der Waals surface area contributed by atoms with E-state index in [1.54, 1.807) is 18.2 Å². The third-order valence-corrected chi connectivity index (χ3v) is 7.34. The summed E-state index contributed by atoms with van der Waals surface area (Å²) in [5, 5.41) is 12.6. The zero-order valence-corrected chi connectivity index (χ0v) is 18.7. The summed E-state index contributed by atoms with van der Waals surface area (Å²) >= 11 is 14.5. The first-order valence-electron chi connectivity index (χ1n) is 8.59. The van der Waals surface area contributed by atoms with Crippen molar-refractivity contribution in [2.45, 2.75) is 23.2 Å². The molecule has 2 N–H and O–H groups in total. The molecule has 0 aliphatic carbocycles. The molecule has 1 aromatic carbocycles. The molecule has 0 bridgehead atoms. The van der Waals surface area contributed by atoms with Crippen LogP contribution in [0.3, 0.4) is 0 Å². The fraction of sp³-hybridized carbons (Fsp3) is 0.333. The van der Waals surface area contributed by atoms with Crippen molar-refractivity contribution in [3.05, 3.63) is 39.5 Å². The number of carboxylic acid groups (broad SMARTS) is 1. The van der Waals surface area contributed by atoms with Crippen LogP contribution in [0.25, 0.3) is 0 Å². The highest BCUT2D eigenvalue weighted by Gasteiger charge is 2.54. The number of halogens is 2. The van der Waals surface area contributed by atoms with Gasteiger partial charge >= 0.3 is 11.9 Å². The normalized spacial score (nSPS) is 20.4. The minimum absolute atomic E-state index is 0.0144. The zero-order valence-electron chi connectivity index (χ0n) is 15.5. The van der Waals surface area contributed by atoms with E-state index in [2.05, 4.69) is 5.32 Å². The van der Waals surface area contributed by atoms with Gasteiger partial charge < -0.3 is 15.2 Å². The summed E-state index contributed by atoms with van der Waals surface area (Å²) in [6.07, 6.45) is 0. The lowest BCUT2D eigenvalue weighted by Crippen LogP contribution is -2.70. The number of fused-ring (bicyclic) bond motifs is 1.